The molecule has 1 N–H and O–H groups in total. The minimum absolute atomic E-state index is 0.402. The fraction of sp³-hybridized carbons (Fsp3) is 0.333. The van der Waals surface area contributed by atoms with Crippen molar-refractivity contribution in [1.82, 2.24) is 0 Å². The zero-order valence-electron chi connectivity index (χ0n) is 8.27. The number of rotatable bonds is 2. The molecule has 1 aliphatic carbocycles. The van der Waals surface area contributed by atoms with Gasteiger partial charge in [-0.25, -0.2) is 0 Å². The van der Waals surface area contributed by atoms with Crippen LogP contribution in [-0.2, 0) is 12.8 Å². The van der Waals surface area contributed by atoms with Gasteiger partial charge in [-0.05, 0) is 42.3 Å². The molecule has 78 valence electrons. The fourth-order valence-electron chi connectivity index (χ4n) is 2.07. The molecule has 0 bridgehead atoms. The number of fused-ring (bicyclic) bond motifs is 1. The second kappa shape index (κ2) is 3.74. The zero-order chi connectivity index (χ0) is 10.3. The standard InChI is InChI=1S/C12H12OS2/c13-12(10-5-2-6-14-10)11-7-8-3-1-4-9(8)15-11/h2,5-7,12-13H,1,3-4H2. The van der Waals surface area contributed by atoms with Crippen LogP contribution in [0.5, 0.6) is 0 Å². The summed E-state index contributed by atoms with van der Waals surface area (Å²) in [7, 11) is 0. The van der Waals surface area contributed by atoms with Crippen LogP contribution in [0.4, 0.5) is 0 Å². The van der Waals surface area contributed by atoms with Crippen LogP contribution in [0.25, 0.3) is 0 Å². The predicted molar refractivity (Wildman–Crippen MR) is 64.7 cm³/mol. The van der Waals surface area contributed by atoms with Gasteiger partial charge in [0.05, 0.1) is 0 Å². The summed E-state index contributed by atoms with van der Waals surface area (Å²) in [6, 6.07) is 6.18. The summed E-state index contributed by atoms with van der Waals surface area (Å²) < 4.78 is 0. The Labute approximate surface area is 97.0 Å². The van der Waals surface area contributed by atoms with Gasteiger partial charge in [0.2, 0.25) is 0 Å². The van der Waals surface area contributed by atoms with E-state index in [1.165, 1.54) is 29.7 Å². The smallest absolute Gasteiger partial charge is 0.122 e. The average molecular weight is 236 g/mol. The summed E-state index contributed by atoms with van der Waals surface area (Å²) in [6.07, 6.45) is 3.29. The van der Waals surface area contributed by atoms with Gasteiger partial charge in [-0.15, -0.1) is 22.7 Å². The van der Waals surface area contributed by atoms with Crippen LogP contribution < -0.4 is 0 Å². The highest BCUT2D eigenvalue weighted by molar-refractivity contribution is 7.13. The van der Waals surface area contributed by atoms with Crippen molar-refractivity contribution in [3.05, 3.63) is 43.8 Å². The van der Waals surface area contributed by atoms with Crippen LogP contribution >= 0.6 is 22.7 Å². The van der Waals surface area contributed by atoms with Gasteiger partial charge in [-0.1, -0.05) is 6.07 Å². The monoisotopic (exact) mass is 236 g/mol. The number of aryl methyl sites for hydroxylation is 2. The number of aliphatic hydroxyl groups excluding tert-OH is 1. The predicted octanol–water partition coefficient (Wildman–Crippen LogP) is 3.38. The highest BCUT2D eigenvalue weighted by atomic mass is 32.1. The van der Waals surface area contributed by atoms with Crippen molar-refractivity contribution in [2.75, 3.05) is 0 Å². The molecule has 0 aliphatic heterocycles. The molecule has 0 aromatic carbocycles. The molecule has 1 aliphatic rings. The zero-order valence-corrected chi connectivity index (χ0v) is 9.90. The Morgan fingerprint density at radius 3 is 2.93 bits per heavy atom. The Bertz CT molecular complexity index is 434. The molecule has 3 heteroatoms. The number of hydrogen-bond donors (Lipinski definition) is 1. The van der Waals surface area contributed by atoms with Crippen LogP contribution in [0, 0.1) is 0 Å². The largest absolute Gasteiger partial charge is 0.382 e. The van der Waals surface area contributed by atoms with Gasteiger partial charge in [-0.3, -0.25) is 0 Å². The summed E-state index contributed by atoms with van der Waals surface area (Å²) in [5, 5.41) is 12.2. The first-order valence-electron chi connectivity index (χ1n) is 5.17. The van der Waals surface area contributed by atoms with E-state index in [1.807, 2.05) is 17.5 Å². The average Bonchev–Trinajstić information content (AvgIpc) is 2.92. The molecule has 2 aromatic heterocycles. The van der Waals surface area contributed by atoms with Crippen molar-refractivity contribution in [2.45, 2.75) is 25.4 Å². The van der Waals surface area contributed by atoms with Crippen LogP contribution in [0.1, 0.15) is 32.7 Å². The van der Waals surface area contributed by atoms with E-state index in [9.17, 15) is 5.11 Å². The lowest BCUT2D eigenvalue weighted by Gasteiger charge is -2.04. The number of thiophene rings is 2. The van der Waals surface area contributed by atoms with E-state index >= 15 is 0 Å². The molecule has 0 saturated heterocycles. The third kappa shape index (κ3) is 1.65. The van der Waals surface area contributed by atoms with E-state index in [4.69, 9.17) is 0 Å². The molecule has 0 amide bonds. The molecule has 0 spiro atoms. The highest BCUT2D eigenvalue weighted by Crippen LogP contribution is 2.36. The van der Waals surface area contributed by atoms with E-state index in [0.717, 1.165) is 9.75 Å². The van der Waals surface area contributed by atoms with Gasteiger partial charge < -0.3 is 5.11 Å². The van der Waals surface area contributed by atoms with E-state index in [1.54, 1.807) is 22.7 Å². The third-order valence-corrected chi connectivity index (χ3v) is 5.06. The Morgan fingerprint density at radius 2 is 2.20 bits per heavy atom. The Hall–Kier alpha value is -0.640. The van der Waals surface area contributed by atoms with Crippen molar-refractivity contribution in [3.8, 4) is 0 Å². The van der Waals surface area contributed by atoms with Crippen LogP contribution in [0.3, 0.4) is 0 Å². The van der Waals surface area contributed by atoms with Gasteiger partial charge in [0.25, 0.3) is 0 Å². The summed E-state index contributed by atoms with van der Waals surface area (Å²) in [4.78, 5) is 3.65. The Kier molecular flexibility index (Phi) is 2.39. The molecule has 15 heavy (non-hydrogen) atoms. The highest BCUT2D eigenvalue weighted by Gasteiger charge is 2.20. The molecule has 1 unspecified atom stereocenters. The summed E-state index contributed by atoms with van der Waals surface area (Å²) in [6.45, 7) is 0. The van der Waals surface area contributed by atoms with E-state index < -0.39 is 6.10 Å². The molecule has 0 radical (unpaired) electrons. The van der Waals surface area contributed by atoms with Gasteiger partial charge in [0.15, 0.2) is 0 Å². The Balaban J connectivity index is 1.93. The first-order valence-corrected chi connectivity index (χ1v) is 6.87. The second-order valence-electron chi connectivity index (χ2n) is 3.87. The maximum absolute atomic E-state index is 10.2. The molecule has 1 nitrogen and oxygen atoms in total. The lowest BCUT2D eigenvalue weighted by Crippen LogP contribution is -1.93. The van der Waals surface area contributed by atoms with Gasteiger partial charge >= 0.3 is 0 Å². The van der Waals surface area contributed by atoms with Gasteiger partial charge in [-0.2, -0.15) is 0 Å². The van der Waals surface area contributed by atoms with E-state index in [0.29, 0.717) is 0 Å². The summed E-state index contributed by atoms with van der Waals surface area (Å²) in [5.74, 6) is 0. The first-order chi connectivity index (χ1) is 7.34. The molecular weight excluding hydrogens is 224 g/mol. The quantitative estimate of drug-likeness (QED) is 0.847. The summed E-state index contributed by atoms with van der Waals surface area (Å²) >= 11 is 3.41. The molecule has 3 rings (SSSR count). The van der Waals surface area contributed by atoms with Crippen LogP contribution in [-0.4, -0.2) is 5.11 Å². The van der Waals surface area contributed by atoms with Crippen LogP contribution in [0.15, 0.2) is 23.6 Å². The molecule has 0 saturated carbocycles. The van der Waals surface area contributed by atoms with Crippen molar-refractivity contribution < 1.29 is 5.11 Å². The molecule has 1 atom stereocenters. The second-order valence-corrected chi connectivity index (χ2v) is 6.02. The molecular formula is C12H12OS2. The van der Waals surface area contributed by atoms with Crippen molar-refractivity contribution in [3.63, 3.8) is 0 Å². The lowest BCUT2D eigenvalue weighted by molar-refractivity contribution is 0.228. The number of hydrogen-bond acceptors (Lipinski definition) is 3. The molecule has 0 fully saturated rings. The third-order valence-electron chi connectivity index (χ3n) is 2.85. The first kappa shape index (κ1) is 9.58. The summed E-state index contributed by atoms with van der Waals surface area (Å²) in [5.41, 5.74) is 1.46. The van der Waals surface area contributed by atoms with Crippen LogP contribution in [0.2, 0.25) is 0 Å². The lowest BCUT2D eigenvalue weighted by atomic mass is 10.2. The van der Waals surface area contributed by atoms with Gasteiger partial charge in [0, 0.05) is 14.6 Å². The maximum atomic E-state index is 10.2. The van der Waals surface area contributed by atoms with Crippen molar-refractivity contribution in [2.24, 2.45) is 0 Å². The minimum atomic E-state index is -0.402. The van der Waals surface area contributed by atoms with Crippen molar-refractivity contribution >= 4 is 22.7 Å². The topological polar surface area (TPSA) is 20.2 Å². The normalized spacial score (nSPS) is 16.6. The molecule has 2 aromatic rings. The Morgan fingerprint density at radius 1 is 1.27 bits per heavy atom. The minimum Gasteiger partial charge on any atom is -0.382 e. The van der Waals surface area contributed by atoms with Crippen molar-refractivity contribution in [1.29, 1.82) is 0 Å². The fourth-order valence-corrected chi connectivity index (χ4v) is 4.14. The molecule has 2 heterocycles. The SMILES string of the molecule is OC(c1cccs1)c1cc2c(s1)CCC2. The number of aliphatic hydroxyl groups is 1. The van der Waals surface area contributed by atoms with Gasteiger partial charge in [0.1, 0.15) is 6.10 Å². The maximum Gasteiger partial charge on any atom is 0.122 e. The van der Waals surface area contributed by atoms with E-state index in [-0.39, 0.29) is 0 Å². The van der Waals surface area contributed by atoms with E-state index in [2.05, 4.69) is 6.07 Å².